The summed E-state index contributed by atoms with van der Waals surface area (Å²) in [5.41, 5.74) is 11.3. The first-order valence-corrected chi connectivity index (χ1v) is 17.9. The Balaban J connectivity index is 0.968. The highest BCUT2D eigenvalue weighted by molar-refractivity contribution is 6.10. The van der Waals surface area contributed by atoms with Gasteiger partial charge in [-0.3, -0.25) is 0 Å². The number of fused-ring (bicyclic) bond motifs is 6. The Morgan fingerprint density at radius 2 is 0.688 bits per heavy atom. The van der Waals surface area contributed by atoms with E-state index in [0.717, 1.165) is 11.8 Å². The van der Waals surface area contributed by atoms with Gasteiger partial charge in [0.25, 0.3) is 0 Å². The summed E-state index contributed by atoms with van der Waals surface area (Å²) < 4.78 is 4.91. The second-order valence-corrected chi connectivity index (χ2v) is 15.4. The molecule has 2 heteroatoms. The number of hydrogen-bond acceptors (Lipinski definition) is 0. The Morgan fingerprint density at radius 1 is 0.375 bits per heavy atom. The molecule has 0 amide bonds. The van der Waals surface area contributed by atoms with Crippen LogP contribution in [-0.4, -0.2) is 9.13 Å². The fourth-order valence-electron chi connectivity index (χ4n) is 11.3. The van der Waals surface area contributed by atoms with Gasteiger partial charge in [0, 0.05) is 32.9 Å². The van der Waals surface area contributed by atoms with E-state index in [-0.39, 0.29) is 10.8 Å². The molecule has 48 heavy (non-hydrogen) atoms. The molecule has 0 atom stereocenters. The minimum Gasteiger partial charge on any atom is -0.309 e. The molecule has 4 aliphatic carbocycles. The molecule has 6 aromatic carbocycles. The summed E-state index contributed by atoms with van der Waals surface area (Å²) in [7, 11) is 0. The summed E-state index contributed by atoms with van der Waals surface area (Å²) >= 11 is 0. The summed E-state index contributed by atoms with van der Waals surface area (Å²) in [5.74, 6) is 1.64. The van der Waals surface area contributed by atoms with E-state index >= 15 is 0 Å². The van der Waals surface area contributed by atoms with Crippen LogP contribution in [0.3, 0.4) is 0 Å². The zero-order valence-electron chi connectivity index (χ0n) is 27.1. The van der Waals surface area contributed by atoms with Gasteiger partial charge in [-0.1, -0.05) is 97.1 Å². The molecule has 4 aliphatic rings. The molecule has 2 heterocycles. The largest absolute Gasteiger partial charge is 0.309 e. The third-order valence-corrected chi connectivity index (χ3v) is 12.7. The average molecular weight is 619 g/mol. The van der Waals surface area contributed by atoms with Crippen LogP contribution in [0.25, 0.3) is 55.0 Å². The summed E-state index contributed by atoms with van der Waals surface area (Å²) in [4.78, 5) is 0. The van der Waals surface area contributed by atoms with Gasteiger partial charge in [0.15, 0.2) is 0 Å². The van der Waals surface area contributed by atoms with Crippen LogP contribution in [0.4, 0.5) is 0 Å². The molecule has 12 rings (SSSR count). The predicted octanol–water partition coefficient (Wildman–Crippen LogP) is 11.7. The van der Waals surface area contributed by atoms with Crippen molar-refractivity contribution in [3.63, 3.8) is 0 Å². The Morgan fingerprint density at radius 3 is 1.02 bits per heavy atom. The number of aromatic nitrogens is 2. The first-order chi connectivity index (χ1) is 23.7. The van der Waals surface area contributed by atoms with Gasteiger partial charge in [-0.05, 0) is 121 Å². The Kier molecular flexibility index (Phi) is 5.46. The van der Waals surface area contributed by atoms with Crippen LogP contribution in [0.5, 0.6) is 0 Å². The zero-order chi connectivity index (χ0) is 31.5. The molecule has 4 fully saturated rings. The predicted molar refractivity (Wildman–Crippen MR) is 200 cm³/mol. The maximum absolute atomic E-state index is 2.49. The summed E-state index contributed by atoms with van der Waals surface area (Å²) in [6.45, 7) is 0. The fourth-order valence-corrected chi connectivity index (χ4v) is 11.3. The van der Waals surface area contributed by atoms with Crippen LogP contribution >= 0.6 is 0 Å². The van der Waals surface area contributed by atoms with Gasteiger partial charge in [0.05, 0.1) is 22.1 Å². The van der Waals surface area contributed by atoms with Crippen LogP contribution < -0.4 is 0 Å². The Hall–Kier alpha value is -5.08. The molecule has 4 saturated carbocycles. The maximum Gasteiger partial charge on any atom is 0.0541 e. The molecule has 2 nitrogen and oxygen atoms in total. The number of rotatable bonds is 4. The lowest BCUT2D eigenvalue weighted by atomic mass is 9.42. The molecular weight excluding hydrogens is 581 g/mol. The Labute approximate surface area is 281 Å². The normalized spacial score (nSPS) is 24.8. The zero-order valence-corrected chi connectivity index (χ0v) is 27.1. The van der Waals surface area contributed by atoms with Crippen molar-refractivity contribution in [1.82, 2.24) is 9.13 Å². The number of nitrogens with zero attached hydrogens (tertiary/aromatic N) is 2. The highest BCUT2D eigenvalue weighted by Gasteiger charge is 2.58. The topological polar surface area (TPSA) is 9.86 Å². The first-order valence-electron chi connectivity index (χ1n) is 17.9. The monoisotopic (exact) mass is 618 g/mol. The van der Waals surface area contributed by atoms with Crippen molar-refractivity contribution < 1.29 is 0 Å². The van der Waals surface area contributed by atoms with E-state index in [2.05, 4.69) is 155 Å². The molecule has 0 aliphatic heterocycles. The van der Waals surface area contributed by atoms with E-state index in [4.69, 9.17) is 0 Å². The highest BCUT2D eigenvalue weighted by Crippen LogP contribution is 2.66. The molecule has 232 valence electrons. The maximum atomic E-state index is 2.49. The fraction of sp³-hybridized carbons (Fsp3) is 0.217. The van der Waals surface area contributed by atoms with E-state index in [1.54, 1.807) is 11.1 Å². The lowest BCUT2D eigenvalue weighted by Crippen LogP contribution is -2.55. The first kappa shape index (κ1) is 26.9. The van der Waals surface area contributed by atoms with E-state index in [1.807, 2.05) is 0 Å². The van der Waals surface area contributed by atoms with Crippen LogP contribution in [0.2, 0.25) is 0 Å². The van der Waals surface area contributed by atoms with Crippen molar-refractivity contribution in [3.05, 3.63) is 157 Å². The highest BCUT2D eigenvalue weighted by atomic mass is 15.0. The lowest BCUT2D eigenvalue weighted by Gasteiger charge is -2.63. The molecule has 4 bridgehead atoms. The standard InChI is InChI=1S/C46H38N2/c1-5-13-41-37(9-1)38-10-2-6-14-42(38)47(41)35-21-17-33(18-22-35)45-26-31-25-32(27-45)29-46(28-31,30-45)34-19-23-36(24-20-34)48-43-15-7-3-11-39(43)40-12-4-8-16-44(40)48/h1-24,31-32H,25-30H2. The third kappa shape index (κ3) is 3.69. The molecule has 2 aromatic heterocycles. The minimum absolute atomic E-state index is 0.273. The molecular formula is C46H38N2. The van der Waals surface area contributed by atoms with Crippen molar-refractivity contribution in [1.29, 1.82) is 0 Å². The quantitative estimate of drug-likeness (QED) is 0.186. The number of hydrogen-bond donors (Lipinski definition) is 0. The number of benzene rings is 6. The van der Waals surface area contributed by atoms with Gasteiger partial charge in [-0.15, -0.1) is 0 Å². The summed E-state index contributed by atoms with van der Waals surface area (Å²) in [5, 5.41) is 5.29. The van der Waals surface area contributed by atoms with Crippen molar-refractivity contribution in [2.24, 2.45) is 11.8 Å². The molecule has 0 spiro atoms. The van der Waals surface area contributed by atoms with Gasteiger partial charge >= 0.3 is 0 Å². The Bertz CT molecular complexity index is 2230. The van der Waals surface area contributed by atoms with Gasteiger partial charge < -0.3 is 9.13 Å². The van der Waals surface area contributed by atoms with Crippen molar-refractivity contribution in [2.75, 3.05) is 0 Å². The van der Waals surface area contributed by atoms with E-state index in [0.29, 0.717) is 0 Å². The summed E-state index contributed by atoms with van der Waals surface area (Å²) in [6, 6.07) is 54.9. The van der Waals surface area contributed by atoms with Gasteiger partial charge in [0.1, 0.15) is 0 Å². The number of para-hydroxylation sites is 4. The van der Waals surface area contributed by atoms with Crippen molar-refractivity contribution >= 4 is 43.6 Å². The van der Waals surface area contributed by atoms with Crippen LogP contribution in [-0.2, 0) is 10.8 Å². The van der Waals surface area contributed by atoms with Crippen LogP contribution in [0.1, 0.15) is 49.7 Å². The van der Waals surface area contributed by atoms with Crippen LogP contribution in [0, 0.1) is 11.8 Å². The second-order valence-electron chi connectivity index (χ2n) is 15.4. The molecule has 0 radical (unpaired) electrons. The molecule has 0 N–H and O–H groups in total. The molecule has 8 aromatic rings. The van der Waals surface area contributed by atoms with E-state index in [9.17, 15) is 0 Å². The summed E-state index contributed by atoms with van der Waals surface area (Å²) in [6.07, 6.45) is 8.08. The average Bonchev–Trinajstić information content (AvgIpc) is 3.65. The van der Waals surface area contributed by atoms with Gasteiger partial charge in [-0.2, -0.15) is 0 Å². The smallest absolute Gasteiger partial charge is 0.0541 e. The van der Waals surface area contributed by atoms with E-state index in [1.165, 1.54) is 93.5 Å². The second kappa shape index (κ2) is 9.73. The van der Waals surface area contributed by atoms with Crippen molar-refractivity contribution in [3.8, 4) is 11.4 Å². The van der Waals surface area contributed by atoms with Gasteiger partial charge in [-0.25, -0.2) is 0 Å². The van der Waals surface area contributed by atoms with Crippen LogP contribution in [0.15, 0.2) is 146 Å². The molecule has 0 unspecified atom stereocenters. The minimum atomic E-state index is 0.273. The van der Waals surface area contributed by atoms with E-state index < -0.39 is 0 Å². The lowest BCUT2D eigenvalue weighted by molar-refractivity contribution is -0.0281. The van der Waals surface area contributed by atoms with Gasteiger partial charge in [0.2, 0.25) is 0 Å². The van der Waals surface area contributed by atoms with Crippen molar-refractivity contribution in [2.45, 2.75) is 49.4 Å². The SMILES string of the molecule is c1ccc2c(c1)c1ccccc1n2-c1ccc(C23CC4CC(C2)CC(c2ccc(-n5c6ccccc6c6ccccc65)cc2)(C4)C3)cc1. The third-order valence-electron chi connectivity index (χ3n) is 12.7. The molecule has 0 saturated heterocycles.